The van der Waals surface area contributed by atoms with Crippen LogP contribution in [0.15, 0.2) is 0 Å². The molecule has 1 amide bonds. The summed E-state index contributed by atoms with van der Waals surface area (Å²) in [6.07, 6.45) is 3.12. The maximum Gasteiger partial charge on any atom is 0.226 e. The number of rotatable bonds is 0. The van der Waals surface area contributed by atoms with Crippen LogP contribution in [-0.4, -0.2) is 36.0 Å². The zero-order valence-electron chi connectivity index (χ0n) is 10.1. The second-order valence-corrected chi connectivity index (χ2v) is 5.94. The summed E-state index contributed by atoms with van der Waals surface area (Å²) in [5.41, 5.74) is 0.235. The van der Waals surface area contributed by atoms with Crippen LogP contribution in [-0.2, 0) is 4.79 Å². The Kier molecular flexibility index (Phi) is 2.53. The van der Waals surface area contributed by atoms with Gasteiger partial charge >= 0.3 is 0 Å². The summed E-state index contributed by atoms with van der Waals surface area (Å²) >= 11 is 0. The predicted octanol–water partition coefficient (Wildman–Crippen LogP) is 1.39. The molecule has 2 aliphatic rings. The minimum atomic E-state index is -0.0122. The second kappa shape index (κ2) is 3.48. The molecule has 3 nitrogen and oxygen atoms in total. The quantitative estimate of drug-likeness (QED) is 0.655. The molecule has 2 fully saturated rings. The van der Waals surface area contributed by atoms with E-state index in [0.29, 0.717) is 5.91 Å². The van der Waals surface area contributed by atoms with Crippen molar-refractivity contribution in [3.8, 4) is 0 Å². The number of carbonyl (C=O) groups is 1. The average Bonchev–Trinajstić information content (AvgIpc) is 2.48. The Hall–Kier alpha value is -0.570. The molecule has 2 rings (SSSR count). The highest BCUT2D eigenvalue weighted by atomic mass is 16.2. The molecule has 0 aromatic carbocycles. The maximum atomic E-state index is 11.8. The van der Waals surface area contributed by atoms with E-state index in [1.165, 1.54) is 0 Å². The molecule has 0 aliphatic carbocycles. The highest BCUT2D eigenvalue weighted by Gasteiger charge is 2.45. The summed E-state index contributed by atoms with van der Waals surface area (Å²) in [5.74, 6) is 0.302. The van der Waals surface area contributed by atoms with Gasteiger partial charge in [0.1, 0.15) is 0 Å². The molecule has 2 saturated heterocycles. The molecular weight excluding hydrogens is 188 g/mol. The van der Waals surface area contributed by atoms with Crippen LogP contribution in [0, 0.1) is 5.41 Å². The van der Waals surface area contributed by atoms with Crippen LogP contribution < -0.4 is 5.32 Å². The van der Waals surface area contributed by atoms with E-state index in [-0.39, 0.29) is 11.0 Å². The fourth-order valence-electron chi connectivity index (χ4n) is 2.80. The van der Waals surface area contributed by atoms with Gasteiger partial charge in [-0.3, -0.25) is 9.69 Å². The number of likely N-dealkylation sites (tertiary alicyclic amines) is 1. The lowest BCUT2D eigenvalue weighted by molar-refractivity contribution is -0.130. The van der Waals surface area contributed by atoms with E-state index in [1.54, 1.807) is 0 Å². The normalized spacial score (nSPS) is 27.0. The molecular formula is C12H22N2O. The van der Waals surface area contributed by atoms with Gasteiger partial charge in [-0.25, -0.2) is 0 Å². The molecule has 2 aliphatic heterocycles. The maximum absolute atomic E-state index is 11.8. The molecule has 1 N–H and O–H groups in total. The average molecular weight is 210 g/mol. The summed E-state index contributed by atoms with van der Waals surface area (Å²) in [5, 5.41) is 2.98. The van der Waals surface area contributed by atoms with E-state index >= 15 is 0 Å². The van der Waals surface area contributed by atoms with Crippen LogP contribution in [0.5, 0.6) is 0 Å². The molecule has 3 heteroatoms. The molecule has 0 atom stereocenters. The number of amides is 1. The van der Waals surface area contributed by atoms with Crippen molar-refractivity contribution in [1.29, 1.82) is 0 Å². The fraction of sp³-hybridized carbons (Fsp3) is 0.917. The minimum Gasteiger partial charge on any atom is -0.356 e. The van der Waals surface area contributed by atoms with Gasteiger partial charge < -0.3 is 5.32 Å². The van der Waals surface area contributed by atoms with Crippen LogP contribution in [0.4, 0.5) is 0 Å². The highest BCUT2D eigenvalue weighted by molar-refractivity contribution is 5.84. The van der Waals surface area contributed by atoms with E-state index in [1.807, 2.05) is 0 Å². The molecule has 1 spiro atoms. The first-order valence-corrected chi connectivity index (χ1v) is 5.97. The van der Waals surface area contributed by atoms with Gasteiger partial charge in [-0.2, -0.15) is 0 Å². The first-order valence-electron chi connectivity index (χ1n) is 5.97. The van der Waals surface area contributed by atoms with Crippen molar-refractivity contribution in [2.24, 2.45) is 5.41 Å². The predicted molar refractivity (Wildman–Crippen MR) is 60.6 cm³/mol. The lowest BCUT2D eigenvalue weighted by atomic mass is 9.76. The Morgan fingerprint density at radius 2 is 1.80 bits per heavy atom. The van der Waals surface area contributed by atoms with Crippen molar-refractivity contribution in [2.45, 2.75) is 45.6 Å². The van der Waals surface area contributed by atoms with E-state index in [9.17, 15) is 4.79 Å². The number of nitrogens with one attached hydrogen (secondary N) is 1. The zero-order chi connectivity index (χ0) is 11.1. The number of nitrogens with zero attached hydrogens (tertiary/aromatic N) is 1. The topological polar surface area (TPSA) is 32.3 Å². The molecule has 2 heterocycles. The van der Waals surface area contributed by atoms with Gasteiger partial charge in [0.25, 0.3) is 0 Å². The Morgan fingerprint density at radius 1 is 1.20 bits per heavy atom. The number of carbonyl (C=O) groups excluding carboxylic acids is 1. The lowest BCUT2D eigenvalue weighted by Gasteiger charge is -2.43. The van der Waals surface area contributed by atoms with Gasteiger partial charge in [0, 0.05) is 12.1 Å². The summed E-state index contributed by atoms with van der Waals surface area (Å²) in [4.78, 5) is 14.3. The Morgan fingerprint density at radius 3 is 2.20 bits per heavy atom. The van der Waals surface area contributed by atoms with Crippen LogP contribution in [0.2, 0.25) is 0 Å². The smallest absolute Gasteiger partial charge is 0.226 e. The Labute approximate surface area is 92.2 Å². The summed E-state index contributed by atoms with van der Waals surface area (Å²) in [7, 11) is 0. The van der Waals surface area contributed by atoms with Gasteiger partial charge in [-0.1, -0.05) is 0 Å². The highest BCUT2D eigenvalue weighted by Crippen LogP contribution is 2.39. The van der Waals surface area contributed by atoms with Gasteiger partial charge in [0.15, 0.2) is 0 Å². The largest absolute Gasteiger partial charge is 0.356 e. The molecule has 0 aromatic rings. The van der Waals surface area contributed by atoms with Crippen molar-refractivity contribution < 1.29 is 4.79 Å². The minimum absolute atomic E-state index is 0.0122. The monoisotopic (exact) mass is 210 g/mol. The van der Waals surface area contributed by atoms with Crippen molar-refractivity contribution >= 4 is 5.91 Å². The summed E-state index contributed by atoms with van der Waals surface area (Å²) < 4.78 is 0. The Bertz CT molecular complexity index is 259. The van der Waals surface area contributed by atoms with Gasteiger partial charge in [0.05, 0.1) is 5.41 Å². The van der Waals surface area contributed by atoms with Gasteiger partial charge in [0.2, 0.25) is 5.91 Å². The molecule has 86 valence electrons. The van der Waals surface area contributed by atoms with E-state index in [0.717, 1.165) is 38.9 Å². The van der Waals surface area contributed by atoms with Crippen molar-refractivity contribution in [1.82, 2.24) is 10.2 Å². The van der Waals surface area contributed by atoms with Crippen LogP contribution in [0.1, 0.15) is 40.0 Å². The molecule has 0 unspecified atom stereocenters. The first kappa shape index (κ1) is 10.9. The van der Waals surface area contributed by atoms with Crippen LogP contribution in [0.3, 0.4) is 0 Å². The third-order valence-corrected chi connectivity index (χ3v) is 4.04. The van der Waals surface area contributed by atoms with Gasteiger partial charge in [-0.05, 0) is 53.1 Å². The van der Waals surface area contributed by atoms with Crippen LogP contribution in [0.25, 0.3) is 0 Å². The number of hydrogen-bond acceptors (Lipinski definition) is 2. The third kappa shape index (κ3) is 1.89. The van der Waals surface area contributed by atoms with E-state index in [4.69, 9.17) is 0 Å². The number of piperidine rings is 1. The molecule has 0 radical (unpaired) electrons. The van der Waals surface area contributed by atoms with Crippen molar-refractivity contribution in [3.05, 3.63) is 0 Å². The second-order valence-electron chi connectivity index (χ2n) is 5.94. The van der Waals surface area contributed by atoms with Crippen molar-refractivity contribution in [3.63, 3.8) is 0 Å². The standard InChI is InChI=1S/C12H22N2O/c1-11(2,3)14-8-5-12(6-9-14)4-7-13-10(12)15/h4-9H2,1-3H3,(H,13,15). The SMILES string of the molecule is CC(C)(C)N1CCC2(CCNC2=O)CC1. The third-order valence-electron chi connectivity index (χ3n) is 4.04. The molecule has 0 aromatic heterocycles. The lowest BCUT2D eigenvalue weighted by Crippen LogP contribution is -2.50. The van der Waals surface area contributed by atoms with Crippen molar-refractivity contribution in [2.75, 3.05) is 19.6 Å². The molecule has 15 heavy (non-hydrogen) atoms. The van der Waals surface area contributed by atoms with E-state index in [2.05, 4.69) is 31.0 Å². The fourth-order valence-corrected chi connectivity index (χ4v) is 2.80. The summed E-state index contributed by atoms with van der Waals surface area (Å²) in [6, 6.07) is 0. The zero-order valence-corrected chi connectivity index (χ0v) is 10.1. The summed E-state index contributed by atoms with van der Waals surface area (Å²) in [6.45, 7) is 9.77. The molecule has 0 saturated carbocycles. The molecule has 0 bridgehead atoms. The first-order chi connectivity index (χ1) is 6.94. The number of hydrogen-bond donors (Lipinski definition) is 1. The van der Waals surface area contributed by atoms with Gasteiger partial charge in [-0.15, -0.1) is 0 Å². The van der Waals surface area contributed by atoms with Crippen LogP contribution >= 0.6 is 0 Å². The van der Waals surface area contributed by atoms with E-state index < -0.39 is 0 Å². The Balaban J connectivity index is 2.00.